The number of rotatable bonds is 12. The predicted octanol–water partition coefficient (Wildman–Crippen LogP) is 7.67. The van der Waals surface area contributed by atoms with Crippen LogP contribution >= 0.6 is 0 Å². The molecule has 0 saturated carbocycles. The molecule has 2 atom stereocenters. The second-order valence-electron chi connectivity index (χ2n) is 7.71. The van der Waals surface area contributed by atoms with Crippen molar-refractivity contribution in [3.8, 4) is 0 Å². The Morgan fingerprint density at radius 3 is 2.21 bits per heavy atom. The molecule has 0 aromatic heterocycles. The van der Waals surface area contributed by atoms with E-state index in [4.69, 9.17) is 0 Å². The van der Waals surface area contributed by atoms with Crippen molar-refractivity contribution < 1.29 is 0 Å². The van der Waals surface area contributed by atoms with Gasteiger partial charge in [-0.25, -0.2) is 0 Å². The number of hydrogen-bond donors (Lipinski definition) is 0. The Hall–Kier alpha value is -1.30. The minimum absolute atomic E-state index is 0.574. The maximum atomic E-state index is 4.00. The Kier molecular flexibility index (Phi) is 9.11. The molecule has 24 heavy (non-hydrogen) atoms. The van der Waals surface area contributed by atoms with Crippen LogP contribution in [0.4, 0.5) is 0 Å². The molecule has 1 aliphatic rings. The molecule has 0 heteroatoms. The Morgan fingerprint density at radius 2 is 1.75 bits per heavy atom. The zero-order valence-corrected chi connectivity index (χ0v) is 16.6. The molecule has 0 saturated heterocycles. The van der Waals surface area contributed by atoms with Gasteiger partial charge in [-0.3, -0.25) is 0 Å². The number of hydrogen-bond acceptors (Lipinski definition) is 0. The lowest BCUT2D eigenvalue weighted by Crippen LogP contribution is -2.15. The summed E-state index contributed by atoms with van der Waals surface area (Å²) in [4.78, 5) is 0. The monoisotopic (exact) mass is 326 g/mol. The van der Waals surface area contributed by atoms with Gasteiger partial charge in [0.15, 0.2) is 0 Å². The summed E-state index contributed by atoms with van der Waals surface area (Å²) < 4.78 is 0. The van der Waals surface area contributed by atoms with Crippen LogP contribution in [0.15, 0.2) is 60.3 Å². The second-order valence-corrected chi connectivity index (χ2v) is 7.71. The maximum absolute atomic E-state index is 4.00. The molecular formula is C24H38. The van der Waals surface area contributed by atoms with Crippen LogP contribution in [-0.2, 0) is 0 Å². The lowest BCUT2D eigenvalue weighted by molar-refractivity contribution is 0.313. The van der Waals surface area contributed by atoms with E-state index in [1.165, 1.54) is 42.4 Å². The van der Waals surface area contributed by atoms with Gasteiger partial charge in [0.1, 0.15) is 0 Å². The molecule has 0 aromatic carbocycles. The molecule has 0 N–H and O–H groups in total. The standard InChI is InChI=1S/C24H38/c1-8-11-21(9-2)14-12-20(7)24(22-15-16-22)17-13-19(6)23(10-3)18(4)5/h9-10,14-16,18,20,22,24H,2-3,8,11-13,17H2,1,4-7H3. The van der Waals surface area contributed by atoms with E-state index in [1.807, 2.05) is 6.08 Å². The topological polar surface area (TPSA) is 0 Å². The van der Waals surface area contributed by atoms with E-state index in [0.29, 0.717) is 5.92 Å². The first-order chi connectivity index (χ1) is 11.4. The summed E-state index contributed by atoms with van der Waals surface area (Å²) in [6.07, 6.45) is 17.3. The first-order valence-corrected chi connectivity index (χ1v) is 9.76. The summed E-state index contributed by atoms with van der Waals surface area (Å²) >= 11 is 0. The van der Waals surface area contributed by atoms with E-state index in [9.17, 15) is 0 Å². The normalized spacial score (nSPS) is 18.3. The Labute approximate surface area is 151 Å². The fourth-order valence-electron chi connectivity index (χ4n) is 3.72. The fraction of sp³-hybridized carbons (Fsp3) is 0.583. The van der Waals surface area contributed by atoms with Crippen molar-refractivity contribution in [2.24, 2.45) is 23.7 Å². The van der Waals surface area contributed by atoms with Gasteiger partial charge in [0.2, 0.25) is 0 Å². The smallest absolute Gasteiger partial charge is 0.00220 e. The van der Waals surface area contributed by atoms with E-state index < -0.39 is 0 Å². The molecule has 0 bridgehead atoms. The second kappa shape index (κ2) is 10.5. The van der Waals surface area contributed by atoms with E-state index in [1.54, 1.807) is 0 Å². The molecule has 0 fully saturated rings. The average Bonchev–Trinajstić information content (AvgIpc) is 3.36. The summed E-state index contributed by atoms with van der Waals surface area (Å²) in [5, 5.41) is 0. The van der Waals surface area contributed by atoms with Crippen molar-refractivity contribution in [1.29, 1.82) is 0 Å². The zero-order valence-electron chi connectivity index (χ0n) is 16.6. The summed E-state index contributed by atoms with van der Waals surface area (Å²) in [6.45, 7) is 19.4. The van der Waals surface area contributed by atoms with Gasteiger partial charge >= 0.3 is 0 Å². The molecule has 0 aromatic rings. The minimum atomic E-state index is 0.574. The summed E-state index contributed by atoms with van der Waals surface area (Å²) in [7, 11) is 0. The van der Waals surface area contributed by atoms with E-state index >= 15 is 0 Å². The van der Waals surface area contributed by atoms with Gasteiger partial charge in [-0.15, -0.1) is 0 Å². The summed E-state index contributed by atoms with van der Waals surface area (Å²) in [6, 6.07) is 0. The quantitative estimate of drug-likeness (QED) is 0.255. The molecule has 0 amide bonds. The van der Waals surface area contributed by atoms with E-state index in [2.05, 4.69) is 72.1 Å². The van der Waals surface area contributed by atoms with Gasteiger partial charge in [0.05, 0.1) is 0 Å². The summed E-state index contributed by atoms with van der Waals surface area (Å²) in [5.41, 5.74) is 4.37. The first kappa shape index (κ1) is 20.7. The molecule has 0 radical (unpaired) electrons. The van der Waals surface area contributed by atoms with Crippen LogP contribution in [0.25, 0.3) is 0 Å². The molecule has 1 aliphatic carbocycles. The zero-order chi connectivity index (χ0) is 18.1. The van der Waals surface area contributed by atoms with Crippen molar-refractivity contribution >= 4 is 0 Å². The van der Waals surface area contributed by atoms with Crippen LogP contribution in [0, 0.1) is 23.7 Å². The highest BCUT2D eigenvalue weighted by Crippen LogP contribution is 2.38. The maximum Gasteiger partial charge on any atom is -0.00220 e. The number of allylic oxidation sites excluding steroid dienone is 8. The highest BCUT2D eigenvalue weighted by Gasteiger charge is 2.28. The molecule has 0 spiro atoms. The lowest BCUT2D eigenvalue weighted by Gasteiger charge is -2.24. The van der Waals surface area contributed by atoms with Crippen LogP contribution in [0.5, 0.6) is 0 Å². The fourth-order valence-corrected chi connectivity index (χ4v) is 3.72. The molecule has 0 aliphatic heterocycles. The molecular weight excluding hydrogens is 288 g/mol. The van der Waals surface area contributed by atoms with Gasteiger partial charge in [0, 0.05) is 0 Å². The molecule has 0 nitrogen and oxygen atoms in total. The van der Waals surface area contributed by atoms with Crippen LogP contribution < -0.4 is 0 Å². The van der Waals surface area contributed by atoms with Gasteiger partial charge in [-0.2, -0.15) is 0 Å². The molecule has 134 valence electrons. The van der Waals surface area contributed by atoms with Crippen molar-refractivity contribution in [3.05, 3.63) is 60.3 Å². The average molecular weight is 327 g/mol. The Balaban J connectivity index is 2.67. The minimum Gasteiger partial charge on any atom is -0.0988 e. The third kappa shape index (κ3) is 6.67. The Bertz CT molecular complexity index is 492. The van der Waals surface area contributed by atoms with E-state index in [-0.39, 0.29) is 0 Å². The summed E-state index contributed by atoms with van der Waals surface area (Å²) in [5.74, 6) is 2.79. The SMILES string of the molecule is C=CC(=CCC(C)C(CCC(C)=C(C=C)C(C)C)C1C=C1)CCC. The van der Waals surface area contributed by atoms with Gasteiger partial charge in [-0.05, 0) is 61.9 Å². The largest absolute Gasteiger partial charge is 0.0988 e. The third-order valence-corrected chi connectivity index (χ3v) is 5.38. The van der Waals surface area contributed by atoms with Crippen LogP contribution in [0.3, 0.4) is 0 Å². The highest BCUT2D eigenvalue weighted by molar-refractivity contribution is 5.25. The van der Waals surface area contributed by atoms with Gasteiger partial charge in [0.25, 0.3) is 0 Å². The Morgan fingerprint density at radius 1 is 1.08 bits per heavy atom. The van der Waals surface area contributed by atoms with Crippen LogP contribution in [-0.4, -0.2) is 0 Å². The molecule has 0 heterocycles. The van der Waals surface area contributed by atoms with Crippen LogP contribution in [0.1, 0.15) is 66.7 Å². The third-order valence-electron chi connectivity index (χ3n) is 5.38. The van der Waals surface area contributed by atoms with Crippen LogP contribution in [0.2, 0.25) is 0 Å². The van der Waals surface area contributed by atoms with Crippen molar-refractivity contribution in [1.82, 2.24) is 0 Å². The van der Waals surface area contributed by atoms with Gasteiger partial charge in [-0.1, -0.05) is 88.8 Å². The molecule has 1 rings (SSSR count). The lowest BCUT2D eigenvalue weighted by atomic mass is 9.81. The van der Waals surface area contributed by atoms with Crippen molar-refractivity contribution in [3.63, 3.8) is 0 Å². The molecule has 2 unspecified atom stereocenters. The van der Waals surface area contributed by atoms with Crippen molar-refractivity contribution in [2.75, 3.05) is 0 Å². The van der Waals surface area contributed by atoms with Gasteiger partial charge < -0.3 is 0 Å². The highest BCUT2D eigenvalue weighted by atomic mass is 14.3. The predicted molar refractivity (Wildman–Crippen MR) is 110 cm³/mol. The first-order valence-electron chi connectivity index (χ1n) is 9.76. The van der Waals surface area contributed by atoms with E-state index in [0.717, 1.165) is 24.2 Å². The van der Waals surface area contributed by atoms with Crippen molar-refractivity contribution in [2.45, 2.75) is 66.7 Å².